The fraction of sp³-hybridized carbons (Fsp3) is 0.273. The molecule has 0 aliphatic heterocycles. The highest BCUT2D eigenvalue weighted by molar-refractivity contribution is 7.81. The fourth-order valence-electron chi connectivity index (χ4n) is 3.59. The SMILES string of the molecule is CC1=C(O)CC[C@H]1[C@H](C)/C=C/P(=O)(c1ccccc1)c1ccccc1. The normalized spacial score (nSPS) is 19.5. The lowest BCUT2D eigenvalue weighted by molar-refractivity contribution is 0.393. The van der Waals surface area contributed by atoms with E-state index in [-0.39, 0.29) is 5.92 Å². The van der Waals surface area contributed by atoms with E-state index in [1.54, 1.807) is 0 Å². The molecule has 0 aromatic heterocycles. The van der Waals surface area contributed by atoms with E-state index in [4.69, 9.17) is 0 Å². The lowest BCUT2D eigenvalue weighted by atomic mass is 9.89. The maximum absolute atomic E-state index is 13.9. The molecular weight excluding hydrogens is 327 g/mol. The van der Waals surface area contributed by atoms with Crippen LogP contribution in [0.1, 0.15) is 26.7 Å². The van der Waals surface area contributed by atoms with Gasteiger partial charge in [-0.2, -0.15) is 0 Å². The zero-order valence-corrected chi connectivity index (χ0v) is 15.7. The summed E-state index contributed by atoms with van der Waals surface area (Å²) >= 11 is 0. The molecule has 0 radical (unpaired) electrons. The van der Waals surface area contributed by atoms with Crippen LogP contribution in [0.25, 0.3) is 0 Å². The molecule has 1 aliphatic rings. The molecule has 3 rings (SSSR count). The number of benzene rings is 2. The van der Waals surface area contributed by atoms with Crippen molar-refractivity contribution < 1.29 is 9.67 Å². The molecule has 2 nitrogen and oxygen atoms in total. The molecule has 3 heteroatoms. The third kappa shape index (κ3) is 3.65. The second-order valence-corrected chi connectivity index (χ2v) is 9.45. The van der Waals surface area contributed by atoms with E-state index in [1.165, 1.54) is 0 Å². The van der Waals surface area contributed by atoms with Gasteiger partial charge in [0.2, 0.25) is 0 Å². The summed E-state index contributed by atoms with van der Waals surface area (Å²) in [5, 5.41) is 11.6. The van der Waals surface area contributed by atoms with Crippen LogP contribution in [0, 0.1) is 11.8 Å². The molecule has 2 atom stereocenters. The number of aliphatic hydroxyl groups excluding tert-OH is 1. The molecule has 0 heterocycles. The first-order chi connectivity index (χ1) is 12.0. The maximum atomic E-state index is 13.9. The lowest BCUT2D eigenvalue weighted by Crippen LogP contribution is -2.15. The molecule has 0 saturated heterocycles. The summed E-state index contributed by atoms with van der Waals surface area (Å²) < 4.78 is 13.9. The first kappa shape index (κ1) is 17.8. The lowest BCUT2D eigenvalue weighted by Gasteiger charge is -2.19. The summed E-state index contributed by atoms with van der Waals surface area (Å²) in [6, 6.07) is 19.4. The molecule has 1 aliphatic carbocycles. The highest BCUT2D eigenvalue weighted by Crippen LogP contribution is 2.46. The summed E-state index contributed by atoms with van der Waals surface area (Å²) in [5.41, 5.74) is 1.08. The smallest absolute Gasteiger partial charge is 0.163 e. The monoisotopic (exact) mass is 352 g/mol. The Balaban J connectivity index is 1.95. The van der Waals surface area contributed by atoms with Crippen LogP contribution in [-0.2, 0) is 4.57 Å². The number of hydrogen-bond donors (Lipinski definition) is 1. The van der Waals surface area contributed by atoms with Gasteiger partial charge in [-0.25, -0.2) is 0 Å². The van der Waals surface area contributed by atoms with E-state index < -0.39 is 7.14 Å². The quantitative estimate of drug-likeness (QED) is 0.732. The van der Waals surface area contributed by atoms with Gasteiger partial charge in [0, 0.05) is 17.0 Å². The molecule has 1 N–H and O–H groups in total. The summed E-state index contributed by atoms with van der Waals surface area (Å²) in [5.74, 6) is 3.01. The topological polar surface area (TPSA) is 37.3 Å². The van der Waals surface area contributed by atoms with Gasteiger partial charge in [-0.05, 0) is 36.6 Å². The molecule has 0 amide bonds. The predicted molar refractivity (Wildman–Crippen MR) is 106 cm³/mol. The Kier molecular flexibility index (Phi) is 5.30. The first-order valence-corrected chi connectivity index (χ1v) is 10.6. The van der Waals surface area contributed by atoms with Crippen molar-refractivity contribution in [1.29, 1.82) is 0 Å². The van der Waals surface area contributed by atoms with Gasteiger partial charge in [0.05, 0.1) is 5.76 Å². The molecule has 0 saturated carbocycles. The molecule has 0 unspecified atom stereocenters. The molecule has 0 bridgehead atoms. The number of allylic oxidation sites excluding steroid dienone is 3. The van der Waals surface area contributed by atoms with E-state index in [0.29, 0.717) is 11.7 Å². The number of hydrogen-bond acceptors (Lipinski definition) is 2. The summed E-state index contributed by atoms with van der Waals surface area (Å²) in [6.45, 7) is 4.15. The van der Waals surface area contributed by atoms with Crippen LogP contribution < -0.4 is 10.6 Å². The standard InChI is InChI=1S/C22H25O2P/c1-17(21-13-14-22(23)18(21)2)15-16-25(24,19-9-5-3-6-10-19)20-11-7-4-8-12-20/h3-12,15-17,21,23H,13-14H2,1-2H3/b16-15+/t17-,21+/m1/s1. The average Bonchev–Trinajstić information content (AvgIpc) is 3.00. The van der Waals surface area contributed by atoms with Gasteiger partial charge >= 0.3 is 0 Å². The Morgan fingerprint density at radius 1 is 1.04 bits per heavy atom. The molecule has 130 valence electrons. The minimum atomic E-state index is -2.81. The van der Waals surface area contributed by atoms with Crippen molar-refractivity contribution in [3.8, 4) is 0 Å². The number of aliphatic hydroxyl groups is 1. The zero-order valence-electron chi connectivity index (χ0n) is 14.8. The zero-order chi connectivity index (χ0) is 17.9. The minimum absolute atomic E-state index is 0.241. The van der Waals surface area contributed by atoms with Crippen LogP contribution in [0.3, 0.4) is 0 Å². The van der Waals surface area contributed by atoms with Gasteiger partial charge in [-0.3, -0.25) is 0 Å². The van der Waals surface area contributed by atoms with Gasteiger partial charge in [0.15, 0.2) is 7.14 Å². The Morgan fingerprint density at radius 3 is 2.00 bits per heavy atom. The van der Waals surface area contributed by atoms with Gasteiger partial charge < -0.3 is 9.67 Å². The number of rotatable bonds is 5. The minimum Gasteiger partial charge on any atom is -0.512 e. The van der Waals surface area contributed by atoms with Crippen LogP contribution in [0.5, 0.6) is 0 Å². The second kappa shape index (κ2) is 7.45. The van der Waals surface area contributed by atoms with E-state index in [9.17, 15) is 9.67 Å². The van der Waals surface area contributed by atoms with Crippen LogP contribution in [-0.4, -0.2) is 5.11 Å². The van der Waals surface area contributed by atoms with Crippen molar-refractivity contribution in [1.82, 2.24) is 0 Å². The predicted octanol–water partition coefficient (Wildman–Crippen LogP) is 5.39. The summed E-state index contributed by atoms with van der Waals surface area (Å²) in [6.07, 6.45) is 3.79. The highest BCUT2D eigenvalue weighted by Gasteiger charge is 2.28. The second-order valence-electron chi connectivity index (χ2n) is 6.80. The Bertz CT molecular complexity index is 778. The van der Waals surface area contributed by atoms with Crippen LogP contribution in [0.4, 0.5) is 0 Å². The van der Waals surface area contributed by atoms with Crippen molar-refractivity contribution >= 4 is 17.8 Å². The largest absolute Gasteiger partial charge is 0.512 e. The third-order valence-corrected chi connectivity index (χ3v) is 7.94. The molecule has 0 fully saturated rings. The molecule has 2 aromatic carbocycles. The van der Waals surface area contributed by atoms with E-state index >= 15 is 0 Å². The van der Waals surface area contributed by atoms with Crippen LogP contribution in [0.15, 0.2) is 83.9 Å². The molecule has 25 heavy (non-hydrogen) atoms. The molecule has 2 aromatic rings. The van der Waals surface area contributed by atoms with Gasteiger partial charge in [0.25, 0.3) is 0 Å². The summed E-state index contributed by atoms with van der Waals surface area (Å²) in [7, 11) is -2.81. The third-order valence-electron chi connectivity index (χ3n) is 5.22. The van der Waals surface area contributed by atoms with E-state index in [2.05, 4.69) is 13.0 Å². The van der Waals surface area contributed by atoms with E-state index in [0.717, 1.165) is 29.0 Å². The maximum Gasteiger partial charge on any atom is 0.163 e. The van der Waals surface area contributed by atoms with Crippen LogP contribution in [0.2, 0.25) is 0 Å². The van der Waals surface area contributed by atoms with Crippen molar-refractivity contribution in [3.05, 3.63) is 83.9 Å². The van der Waals surface area contributed by atoms with Crippen LogP contribution >= 0.6 is 7.14 Å². The first-order valence-electron chi connectivity index (χ1n) is 8.81. The van der Waals surface area contributed by atoms with Gasteiger partial charge in [-0.1, -0.05) is 73.7 Å². The van der Waals surface area contributed by atoms with Crippen molar-refractivity contribution in [2.75, 3.05) is 0 Å². The fourth-order valence-corrected chi connectivity index (χ4v) is 5.97. The van der Waals surface area contributed by atoms with Crippen molar-refractivity contribution in [2.45, 2.75) is 26.7 Å². The molecular formula is C22H25O2P. The van der Waals surface area contributed by atoms with E-state index in [1.807, 2.05) is 73.4 Å². The van der Waals surface area contributed by atoms with Gasteiger partial charge in [0.1, 0.15) is 0 Å². The average molecular weight is 352 g/mol. The van der Waals surface area contributed by atoms with Gasteiger partial charge in [-0.15, -0.1) is 0 Å². The highest BCUT2D eigenvalue weighted by atomic mass is 31.2. The summed E-state index contributed by atoms with van der Waals surface area (Å²) in [4.78, 5) is 0. The Morgan fingerprint density at radius 2 is 1.56 bits per heavy atom. The Hall–Kier alpha value is -2.05. The molecule has 0 spiro atoms. The Labute approximate surface area is 150 Å². The van der Waals surface area contributed by atoms with Crippen molar-refractivity contribution in [3.63, 3.8) is 0 Å². The van der Waals surface area contributed by atoms with Crippen molar-refractivity contribution in [2.24, 2.45) is 11.8 Å².